The molecule has 3 aromatic rings. The fourth-order valence-corrected chi connectivity index (χ4v) is 3.22. The number of aromatic amines is 1. The van der Waals surface area contributed by atoms with E-state index in [2.05, 4.69) is 9.97 Å². The summed E-state index contributed by atoms with van der Waals surface area (Å²) in [6, 6.07) is 6.35. The molecule has 0 radical (unpaired) electrons. The molecule has 0 atom stereocenters. The Kier molecular flexibility index (Phi) is 5.48. The van der Waals surface area contributed by atoms with E-state index in [1.54, 1.807) is 12.1 Å². The normalized spacial score (nSPS) is 11.4. The molecule has 2 aromatic heterocycles. The van der Waals surface area contributed by atoms with Crippen molar-refractivity contribution in [3.63, 3.8) is 0 Å². The van der Waals surface area contributed by atoms with Gasteiger partial charge in [-0.15, -0.1) is 0 Å². The van der Waals surface area contributed by atoms with E-state index >= 15 is 0 Å². The van der Waals surface area contributed by atoms with Crippen molar-refractivity contribution in [3.8, 4) is 11.4 Å². The van der Waals surface area contributed by atoms with Gasteiger partial charge < -0.3 is 9.67 Å². The highest BCUT2D eigenvalue weighted by atomic mass is 16.4. The van der Waals surface area contributed by atoms with Gasteiger partial charge in [0.05, 0.1) is 5.56 Å². The van der Waals surface area contributed by atoms with Crippen molar-refractivity contribution in [2.24, 2.45) is 5.92 Å². The summed E-state index contributed by atoms with van der Waals surface area (Å²) >= 11 is 0. The second-order valence-corrected chi connectivity index (χ2v) is 7.26. The molecule has 0 spiro atoms. The van der Waals surface area contributed by atoms with Crippen LogP contribution in [0, 0.1) is 5.92 Å². The van der Waals surface area contributed by atoms with Crippen LogP contribution in [0.1, 0.15) is 44.0 Å². The topological polar surface area (TPSA) is 110 Å². The maximum absolute atomic E-state index is 12.6. The molecule has 0 fully saturated rings. The minimum atomic E-state index is -1.01. The molecule has 0 bridgehead atoms. The first kappa shape index (κ1) is 19.6. The molecule has 1 aromatic carbocycles. The maximum Gasteiger partial charge on any atom is 0.335 e. The van der Waals surface area contributed by atoms with E-state index in [0.717, 1.165) is 12.8 Å². The summed E-state index contributed by atoms with van der Waals surface area (Å²) in [6.07, 6.45) is 1.70. The van der Waals surface area contributed by atoms with Crippen molar-refractivity contribution < 1.29 is 9.90 Å². The molecule has 148 valence electrons. The van der Waals surface area contributed by atoms with Gasteiger partial charge in [0, 0.05) is 18.7 Å². The first-order valence-corrected chi connectivity index (χ1v) is 9.40. The lowest BCUT2D eigenvalue weighted by Gasteiger charge is -2.11. The molecule has 0 aliphatic carbocycles. The van der Waals surface area contributed by atoms with Crippen LogP contribution in [-0.4, -0.2) is 30.2 Å². The Balaban J connectivity index is 2.29. The van der Waals surface area contributed by atoms with Crippen molar-refractivity contribution in [1.29, 1.82) is 0 Å². The van der Waals surface area contributed by atoms with Gasteiger partial charge in [0.25, 0.3) is 5.56 Å². The zero-order valence-corrected chi connectivity index (χ0v) is 16.2. The standard InChI is InChI=1S/C20H24N4O4/c1-4-5-10-23-17-15(18(25)22-20(23)28)24(11-12(2)3)16(21-17)13-6-8-14(9-7-13)19(26)27/h6-9,12H,4-5,10-11H2,1-3H3,(H,26,27)(H,22,25,28). The van der Waals surface area contributed by atoms with Crippen LogP contribution >= 0.6 is 0 Å². The number of H-pyrrole nitrogens is 1. The number of rotatable bonds is 7. The number of fused-ring (bicyclic) bond motifs is 1. The molecule has 2 N–H and O–H groups in total. The number of hydrogen-bond donors (Lipinski definition) is 2. The summed E-state index contributed by atoms with van der Waals surface area (Å²) in [5.74, 6) is -0.223. The van der Waals surface area contributed by atoms with Gasteiger partial charge in [-0.2, -0.15) is 0 Å². The molecule has 2 heterocycles. The average Bonchev–Trinajstić information content (AvgIpc) is 3.00. The van der Waals surface area contributed by atoms with Crippen LogP contribution in [-0.2, 0) is 13.1 Å². The van der Waals surface area contributed by atoms with Crippen molar-refractivity contribution in [3.05, 3.63) is 50.7 Å². The van der Waals surface area contributed by atoms with E-state index in [1.807, 2.05) is 25.3 Å². The molecule has 0 saturated carbocycles. The third-order valence-electron chi connectivity index (χ3n) is 4.56. The van der Waals surface area contributed by atoms with E-state index in [4.69, 9.17) is 5.11 Å². The monoisotopic (exact) mass is 384 g/mol. The lowest BCUT2D eigenvalue weighted by atomic mass is 10.1. The Morgan fingerprint density at radius 2 is 1.86 bits per heavy atom. The molecule has 0 unspecified atom stereocenters. The Bertz CT molecular complexity index is 1120. The highest BCUT2D eigenvalue weighted by Crippen LogP contribution is 2.24. The van der Waals surface area contributed by atoms with Crippen molar-refractivity contribution in [1.82, 2.24) is 19.1 Å². The second kappa shape index (κ2) is 7.84. The van der Waals surface area contributed by atoms with Gasteiger partial charge in [-0.05, 0) is 24.5 Å². The highest BCUT2D eigenvalue weighted by molar-refractivity contribution is 5.88. The van der Waals surface area contributed by atoms with Gasteiger partial charge in [0.1, 0.15) is 5.82 Å². The molecule has 0 saturated heterocycles. The van der Waals surface area contributed by atoms with E-state index in [9.17, 15) is 14.4 Å². The molecule has 8 heteroatoms. The number of aromatic nitrogens is 4. The Hall–Kier alpha value is -3.16. The van der Waals surface area contributed by atoms with Crippen LogP contribution in [0.3, 0.4) is 0 Å². The summed E-state index contributed by atoms with van der Waals surface area (Å²) in [7, 11) is 0. The lowest BCUT2D eigenvalue weighted by molar-refractivity contribution is 0.0697. The molecule has 28 heavy (non-hydrogen) atoms. The van der Waals surface area contributed by atoms with E-state index < -0.39 is 17.2 Å². The number of aryl methyl sites for hydroxylation is 1. The number of nitrogens with one attached hydrogen (secondary N) is 1. The number of carbonyl (C=O) groups is 1. The average molecular weight is 384 g/mol. The van der Waals surface area contributed by atoms with E-state index in [0.29, 0.717) is 35.6 Å². The number of carboxylic acid groups (broad SMARTS) is 1. The van der Waals surface area contributed by atoms with Gasteiger partial charge in [0.15, 0.2) is 11.2 Å². The SMILES string of the molecule is CCCCn1c(=O)[nH]c(=O)c2c1nc(-c1ccc(C(=O)O)cc1)n2CC(C)C. The van der Waals surface area contributed by atoms with Gasteiger partial charge in [-0.3, -0.25) is 14.3 Å². The minimum absolute atomic E-state index is 0.174. The minimum Gasteiger partial charge on any atom is -0.478 e. The summed E-state index contributed by atoms with van der Waals surface area (Å²) in [6.45, 7) is 7.11. The smallest absolute Gasteiger partial charge is 0.335 e. The summed E-state index contributed by atoms with van der Waals surface area (Å²) in [4.78, 5) is 43.1. The maximum atomic E-state index is 12.6. The zero-order chi connectivity index (χ0) is 20.4. The largest absolute Gasteiger partial charge is 0.478 e. The Labute approximate surface area is 161 Å². The number of nitrogens with zero attached hydrogens (tertiary/aromatic N) is 3. The molecule has 0 amide bonds. The van der Waals surface area contributed by atoms with Crippen LogP contribution in [0.4, 0.5) is 0 Å². The third-order valence-corrected chi connectivity index (χ3v) is 4.56. The van der Waals surface area contributed by atoms with Crippen LogP contribution in [0.15, 0.2) is 33.9 Å². The van der Waals surface area contributed by atoms with Crippen LogP contribution in [0.5, 0.6) is 0 Å². The molecule has 0 aliphatic rings. The highest BCUT2D eigenvalue weighted by Gasteiger charge is 2.20. The van der Waals surface area contributed by atoms with Gasteiger partial charge in [0.2, 0.25) is 0 Å². The van der Waals surface area contributed by atoms with Crippen molar-refractivity contribution in [2.45, 2.75) is 46.7 Å². The zero-order valence-electron chi connectivity index (χ0n) is 16.2. The number of benzene rings is 1. The Morgan fingerprint density at radius 1 is 1.18 bits per heavy atom. The molecule has 3 rings (SSSR count). The predicted octanol–water partition coefficient (Wildman–Crippen LogP) is 2.71. The van der Waals surface area contributed by atoms with E-state index in [-0.39, 0.29) is 11.5 Å². The van der Waals surface area contributed by atoms with Crippen molar-refractivity contribution in [2.75, 3.05) is 0 Å². The lowest BCUT2D eigenvalue weighted by Crippen LogP contribution is -2.31. The van der Waals surface area contributed by atoms with Gasteiger partial charge in [-0.25, -0.2) is 14.6 Å². The number of carboxylic acids is 1. The van der Waals surface area contributed by atoms with Gasteiger partial charge >= 0.3 is 11.7 Å². The summed E-state index contributed by atoms with van der Waals surface area (Å²) < 4.78 is 3.32. The number of hydrogen-bond acceptors (Lipinski definition) is 4. The van der Waals surface area contributed by atoms with E-state index in [1.165, 1.54) is 16.7 Å². The summed E-state index contributed by atoms with van der Waals surface area (Å²) in [5.41, 5.74) is 0.660. The van der Waals surface area contributed by atoms with Crippen LogP contribution in [0.2, 0.25) is 0 Å². The quantitative estimate of drug-likeness (QED) is 0.651. The molecule has 8 nitrogen and oxygen atoms in total. The Morgan fingerprint density at radius 3 is 2.43 bits per heavy atom. The molecule has 0 aliphatic heterocycles. The predicted molar refractivity (Wildman–Crippen MR) is 107 cm³/mol. The molecular formula is C20H24N4O4. The van der Waals surface area contributed by atoms with Gasteiger partial charge in [-0.1, -0.05) is 39.3 Å². The van der Waals surface area contributed by atoms with Crippen molar-refractivity contribution >= 4 is 17.1 Å². The fourth-order valence-electron chi connectivity index (χ4n) is 3.22. The fraction of sp³-hybridized carbons (Fsp3) is 0.400. The molecular weight excluding hydrogens is 360 g/mol. The number of imidazole rings is 1. The second-order valence-electron chi connectivity index (χ2n) is 7.26. The number of unbranched alkanes of at least 4 members (excludes halogenated alkanes) is 1. The third kappa shape index (κ3) is 3.62. The summed E-state index contributed by atoms with van der Waals surface area (Å²) in [5, 5.41) is 9.12. The number of aromatic carboxylic acids is 1. The van der Waals surface area contributed by atoms with Crippen LogP contribution < -0.4 is 11.2 Å². The van der Waals surface area contributed by atoms with Crippen LogP contribution in [0.25, 0.3) is 22.6 Å². The first-order valence-electron chi connectivity index (χ1n) is 9.40. The first-order chi connectivity index (χ1) is 13.3.